The van der Waals surface area contributed by atoms with Gasteiger partial charge in [0.2, 0.25) is 0 Å². The van der Waals surface area contributed by atoms with Gasteiger partial charge in [-0.3, -0.25) is 0 Å². The molecule has 9 heavy (non-hydrogen) atoms. The highest BCUT2D eigenvalue weighted by molar-refractivity contribution is 5.79. The molecular weight excluding hydrogens is 116 g/mol. The molecule has 0 aromatic rings. The minimum Gasteiger partial charge on any atom is -0.319 e. The Morgan fingerprint density at radius 3 is 2.78 bits per heavy atom. The van der Waals surface area contributed by atoms with Crippen molar-refractivity contribution in [1.82, 2.24) is 10.2 Å². The number of likely N-dealkylation sites (N-methyl/N-ethyl adjacent to an activating group) is 1. The first-order valence-corrected chi connectivity index (χ1v) is 2.97. The first kappa shape index (κ1) is 6.13. The summed E-state index contributed by atoms with van der Waals surface area (Å²) in [6, 6.07) is -0.0255. The quantitative estimate of drug-likeness (QED) is 0.546. The van der Waals surface area contributed by atoms with E-state index >= 15 is 0 Å². The maximum absolute atomic E-state index is 10.8. The minimum absolute atomic E-state index is 0.0255. The van der Waals surface area contributed by atoms with Crippen molar-refractivity contribution in [2.75, 3.05) is 13.1 Å². The maximum atomic E-state index is 10.8. The van der Waals surface area contributed by atoms with Gasteiger partial charge in [0.25, 0.3) is 0 Å². The standard InChI is InChI=1S/C6H10N2O/c1-3-8-4-5(2)7-6(8)9/h2-4H2,1H3,(H,7,9). The van der Waals surface area contributed by atoms with Crippen LogP contribution in [0.2, 0.25) is 0 Å². The smallest absolute Gasteiger partial charge is 0.319 e. The van der Waals surface area contributed by atoms with Gasteiger partial charge in [0, 0.05) is 12.2 Å². The summed E-state index contributed by atoms with van der Waals surface area (Å²) in [6.07, 6.45) is 0. The van der Waals surface area contributed by atoms with Gasteiger partial charge in [-0.15, -0.1) is 0 Å². The summed E-state index contributed by atoms with van der Waals surface area (Å²) in [5, 5.41) is 2.61. The van der Waals surface area contributed by atoms with Gasteiger partial charge in [0.05, 0.1) is 6.54 Å². The van der Waals surface area contributed by atoms with E-state index in [1.54, 1.807) is 4.90 Å². The molecule has 0 aromatic carbocycles. The topological polar surface area (TPSA) is 32.3 Å². The van der Waals surface area contributed by atoms with Crippen LogP contribution in [0.4, 0.5) is 4.79 Å². The molecule has 1 saturated heterocycles. The SMILES string of the molecule is C=C1CN(CC)C(=O)N1. The van der Waals surface area contributed by atoms with Gasteiger partial charge >= 0.3 is 6.03 Å². The molecule has 0 unspecified atom stereocenters. The zero-order valence-corrected chi connectivity index (χ0v) is 5.48. The number of nitrogens with zero attached hydrogens (tertiary/aromatic N) is 1. The number of carbonyl (C=O) groups excluding carboxylic acids is 1. The largest absolute Gasteiger partial charge is 0.321 e. The Hall–Kier alpha value is -0.990. The van der Waals surface area contributed by atoms with Gasteiger partial charge < -0.3 is 10.2 Å². The molecular formula is C6H10N2O. The van der Waals surface area contributed by atoms with Gasteiger partial charge in [-0.25, -0.2) is 4.79 Å². The second-order valence-corrected chi connectivity index (χ2v) is 2.05. The maximum Gasteiger partial charge on any atom is 0.321 e. The van der Waals surface area contributed by atoms with Crippen molar-refractivity contribution in [2.45, 2.75) is 6.92 Å². The Morgan fingerprint density at radius 2 is 2.56 bits per heavy atom. The van der Waals surface area contributed by atoms with Crippen LogP contribution in [0.1, 0.15) is 6.92 Å². The number of hydrogen-bond acceptors (Lipinski definition) is 1. The van der Waals surface area contributed by atoms with Crippen LogP contribution in [0.5, 0.6) is 0 Å². The van der Waals surface area contributed by atoms with Crippen LogP contribution >= 0.6 is 0 Å². The Morgan fingerprint density at radius 1 is 1.89 bits per heavy atom. The lowest BCUT2D eigenvalue weighted by molar-refractivity contribution is 0.219. The minimum atomic E-state index is -0.0255. The Balaban J connectivity index is 2.58. The van der Waals surface area contributed by atoms with E-state index in [0.717, 1.165) is 12.2 Å². The molecule has 1 N–H and O–H groups in total. The van der Waals surface area contributed by atoms with Gasteiger partial charge in [-0.2, -0.15) is 0 Å². The van der Waals surface area contributed by atoms with E-state index in [1.165, 1.54) is 0 Å². The van der Waals surface area contributed by atoms with Crippen molar-refractivity contribution < 1.29 is 4.79 Å². The molecule has 0 bridgehead atoms. The van der Waals surface area contributed by atoms with Crippen molar-refractivity contribution in [3.63, 3.8) is 0 Å². The second kappa shape index (κ2) is 2.09. The summed E-state index contributed by atoms with van der Waals surface area (Å²) in [7, 11) is 0. The van der Waals surface area contributed by atoms with Gasteiger partial charge in [-0.1, -0.05) is 6.58 Å². The summed E-state index contributed by atoms with van der Waals surface area (Å²) in [5.74, 6) is 0. The van der Waals surface area contributed by atoms with Crippen molar-refractivity contribution in [3.8, 4) is 0 Å². The summed E-state index contributed by atoms with van der Waals surface area (Å²) in [4.78, 5) is 12.5. The fraction of sp³-hybridized carbons (Fsp3) is 0.500. The highest BCUT2D eigenvalue weighted by Gasteiger charge is 2.19. The number of carbonyl (C=O) groups is 1. The van der Waals surface area contributed by atoms with Crippen LogP contribution in [0.25, 0.3) is 0 Å². The highest BCUT2D eigenvalue weighted by Crippen LogP contribution is 2.02. The molecule has 1 heterocycles. The monoisotopic (exact) mass is 126 g/mol. The van der Waals surface area contributed by atoms with Crippen molar-refractivity contribution in [3.05, 3.63) is 12.3 Å². The first-order valence-electron chi connectivity index (χ1n) is 2.97. The van der Waals surface area contributed by atoms with Crippen molar-refractivity contribution in [2.24, 2.45) is 0 Å². The molecule has 0 spiro atoms. The molecule has 0 aliphatic carbocycles. The fourth-order valence-electron chi connectivity index (χ4n) is 0.827. The van der Waals surface area contributed by atoms with Crippen LogP contribution in [0.3, 0.4) is 0 Å². The third kappa shape index (κ3) is 1.04. The third-order valence-electron chi connectivity index (χ3n) is 1.33. The molecule has 1 rings (SSSR count). The molecule has 0 radical (unpaired) electrons. The lowest BCUT2D eigenvalue weighted by Gasteiger charge is -2.07. The van der Waals surface area contributed by atoms with Crippen LogP contribution in [-0.4, -0.2) is 24.0 Å². The number of urea groups is 1. The molecule has 1 fully saturated rings. The van der Waals surface area contributed by atoms with Gasteiger partial charge in [-0.05, 0) is 6.92 Å². The Kier molecular flexibility index (Phi) is 1.42. The van der Waals surface area contributed by atoms with Crippen LogP contribution in [0, 0.1) is 0 Å². The molecule has 0 aromatic heterocycles. The van der Waals surface area contributed by atoms with E-state index in [1.807, 2.05) is 6.92 Å². The average molecular weight is 126 g/mol. The first-order chi connectivity index (χ1) is 4.24. The zero-order valence-electron chi connectivity index (χ0n) is 5.48. The predicted molar refractivity (Wildman–Crippen MR) is 34.9 cm³/mol. The number of rotatable bonds is 1. The Labute approximate surface area is 54.3 Å². The fourth-order valence-corrected chi connectivity index (χ4v) is 0.827. The molecule has 0 saturated carbocycles. The predicted octanol–water partition coefficient (Wildman–Crippen LogP) is 0.545. The van der Waals surface area contributed by atoms with E-state index in [0.29, 0.717) is 6.54 Å². The van der Waals surface area contributed by atoms with Crippen LogP contribution in [0.15, 0.2) is 12.3 Å². The number of hydrogen-bond donors (Lipinski definition) is 1. The van der Waals surface area contributed by atoms with Gasteiger partial charge in [0.15, 0.2) is 0 Å². The van der Waals surface area contributed by atoms with E-state index < -0.39 is 0 Å². The Bertz CT molecular complexity index is 153. The lowest BCUT2D eigenvalue weighted by atomic mass is 10.5. The van der Waals surface area contributed by atoms with Crippen LogP contribution in [-0.2, 0) is 0 Å². The number of amides is 2. The summed E-state index contributed by atoms with van der Waals surface area (Å²) < 4.78 is 0. The van der Waals surface area contributed by atoms with E-state index in [4.69, 9.17) is 0 Å². The second-order valence-electron chi connectivity index (χ2n) is 2.05. The van der Waals surface area contributed by atoms with E-state index in [9.17, 15) is 4.79 Å². The third-order valence-corrected chi connectivity index (χ3v) is 1.33. The van der Waals surface area contributed by atoms with E-state index in [2.05, 4.69) is 11.9 Å². The van der Waals surface area contributed by atoms with E-state index in [-0.39, 0.29) is 6.03 Å². The molecule has 3 nitrogen and oxygen atoms in total. The van der Waals surface area contributed by atoms with Crippen molar-refractivity contribution in [1.29, 1.82) is 0 Å². The molecule has 1 aliphatic heterocycles. The summed E-state index contributed by atoms with van der Waals surface area (Å²) >= 11 is 0. The molecule has 1 aliphatic rings. The molecule has 3 heteroatoms. The van der Waals surface area contributed by atoms with Crippen LogP contribution < -0.4 is 5.32 Å². The molecule has 2 amide bonds. The summed E-state index contributed by atoms with van der Waals surface area (Å²) in [6.45, 7) is 6.99. The average Bonchev–Trinajstić information content (AvgIpc) is 2.10. The number of nitrogens with one attached hydrogen (secondary N) is 1. The zero-order chi connectivity index (χ0) is 6.85. The van der Waals surface area contributed by atoms with Gasteiger partial charge in [0.1, 0.15) is 0 Å². The highest BCUT2D eigenvalue weighted by atomic mass is 16.2. The summed E-state index contributed by atoms with van der Waals surface area (Å²) in [5.41, 5.74) is 0.793. The lowest BCUT2D eigenvalue weighted by Crippen LogP contribution is -2.27. The molecule has 0 atom stereocenters. The molecule has 50 valence electrons. The normalized spacial score (nSPS) is 18.6. The van der Waals surface area contributed by atoms with Crippen molar-refractivity contribution >= 4 is 6.03 Å².